The van der Waals surface area contributed by atoms with Crippen LogP contribution in [0.2, 0.25) is 0 Å². The number of nitrogens with two attached hydrogens (primary N) is 1. The summed E-state index contributed by atoms with van der Waals surface area (Å²) >= 11 is 1.44. The standard InChI is InChI=1S/C14H18N2O2S/c1-9(2)7-18-8-11-10-5-3-4-6-12(10)19-13(11)14(17)16-15/h3-6,9H,7-8,15H2,1-2H3,(H,16,17). The van der Waals surface area contributed by atoms with Crippen molar-refractivity contribution in [2.75, 3.05) is 6.61 Å². The number of amides is 1. The van der Waals surface area contributed by atoms with E-state index in [0.29, 0.717) is 24.0 Å². The fourth-order valence-corrected chi connectivity index (χ4v) is 3.00. The van der Waals surface area contributed by atoms with Crippen molar-refractivity contribution in [2.24, 2.45) is 11.8 Å². The van der Waals surface area contributed by atoms with E-state index in [0.717, 1.165) is 15.6 Å². The van der Waals surface area contributed by atoms with Crippen molar-refractivity contribution in [2.45, 2.75) is 20.5 Å². The number of carbonyl (C=O) groups excluding carboxylic acids is 1. The summed E-state index contributed by atoms with van der Waals surface area (Å²) < 4.78 is 6.74. The summed E-state index contributed by atoms with van der Waals surface area (Å²) in [5, 5.41) is 1.06. The molecule has 0 unspecified atom stereocenters. The van der Waals surface area contributed by atoms with Crippen LogP contribution in [-0.2, 0) is 11.3 Å². The van der Waals surface area contributed by atoms with Gasteiger partial charge in [-0.15, -0.1) is 11.3 Å². The van der Waals surface area contributed by atoms with Gasteiger partial charge >= 0.3 is 0 Å². The topological polar surface area (TPSA) is 64.3 Å². The molecule has 0 bridgehead atoms. The molecule has 0 aliphatic rings. The molecule has 102 valence electrons. The zero-order chi connectivity index (χ0) is 13.8. The van der Waals surface area contributed by atoms with Gasteiger partial charge in [-0.05, 0) is 17.4 Å². The highest BCUT2D eigenvalue weighted by atomic mass is 32.1. The Morgan fingerprint density at radius 2 is 2.16 bits per heavy atom. The van der Waals surface area contributed by atoms with Crippen LogP contribution in [0.15, 0.2) is 24.3 Å². The molecule has 0 fully saturated rings. The van der Waals surface area contributed by atoms with Gasteiger partial charge in [0.1, 0.15) is 0 Å². The lowest BCUT2D eigenvalue weighted by Crippen LogP contribution is -2.30. The van der Waals surface area contributed by atoms with Crippen LogP contribution in [0.4, 0.5) is 0 Å². The third kappa shape index (κ3) is 3.12. The Bertz CT molecular complexity index is 578. The van der Waals surface area contributed by atoms with Gasteiger partial charge in [0.05, 0.1) is 11.5 Å². The van der Waals surface area contributed by atoms with Gasteiger partial charge in [-0.1, -0.05) is 32.0 Å². The number of benzene rings is 1. The van der Waals surface area contributed by atoms with Crippen LogP contribution in [0, 0.1) is 5.92 Å². The summed E-state index contributed by atoms with van der Waals surface area (Å²) in [5.74, 6) is 5.45. The lowest BCUT2D eigenvalue weighted by molar-refractivity contribution is 0.0914. The largest absolute Gasteiger partial charge is 0.376 e. The van der Waals surface area contributed by atoms with E-state index in [2.05, 4.69) is 19.3 Å². The van der Waals surface area contributed by atoms with E-state index < -0.39 is 0 Å². The summed E-state index contributed by atoms with van der Waals surface area (Å²) in [7, 11) is 0. The number of hydrazine groups is 1. The summed E-state index contributed by atoms with van der Waals surface area (Å²) in [6, 6.07) is 7.93. The molecular formula is C14H18N2O2S. The van der Waals surface area contributed by atoms with E-state index in [1.807, 2.05) is 24.3 Å². The first-order chi connectivity index (χ1) is 9.13. The molecule has 0 atom stereocenters. The molecule has 3 N–H and O–H groups in total. The van der Waals surface area contributed by atoms with Crippen molar-refractivity contribution in [1.29, 1.82) is 0 Å². The first-order valence-electron chi connectivity index (χ1n) is 6.22. The fraction of sp³-hybridized carbons (Fsp3) is 0.357. The van der Waals surface area contributed by atoms with Gasteiger partial charge in [0, 0.05) is 16.9 Å². The molecule has 0 saturated carbocycles. The second-order valence-corrected chi connectivity index (χ2v) is 5.84. The second kappa shape index (κ2) is 6.14. The van der Waals surface area contributed by atoms with Crippen LogP contribution < -0.4 is 11.3 Å². The molecule has 19 heavy (non-hydrogen) atoms. The first-order valence-corrected chi connectivity index (χ1v) is 7.04. The zero-order valence-electron chi connectivity index (χ0n) is 11.1. The molecule has 0 aliphatic carbocycles. The molecule has 1 heterocycles. The second-order valence-electron chi connectivity index (χ2n) is 4.79. The summed E-state index contributed by atoms with van der Waals surface area (Å²) in [6.45, 7) is 5.30. The third-order valence-electron chi connectivity index (χ3n) is 2.73. The Morgan fingerprint density at radius 1 is 1.42 bits per heavy atom. The van der Waals surface area contributed by atoms with E-state index in [9.17, 15) is 4.79 Å². The number of nitrogens with one attached hydrogen (secondary N) is 1. The van der Waals surface area contributed by atoms with Crippen molar-refractivity contribution in [3.05, 3.63) is 34.7 Å². The van der Waals surface area contributed by atoms with E-state index in [1.165, 1.54) is 11.3 Å². The number of rotatable bonds is 5. The normalized spacial score (nSPS) is 11.2. The smallest absolute Gasteiger partial charge is 0.275 e. The van der Waals surface area contributed by atoms with Crippen molar-refractivity contribution < 1.29 is 9.53 Å². The Hall–Kier alpha value is -1.43. The van der Waals surface area contributed by atoms with Gasteiger partial charge in [-0.3, -0.25) is 10.2 Å². The number of hydrogen-bond donors (Lipinski definition) is 2. The maximum absolute atomic E-state index is 11.8. The van der Waals surface area contributed by atoms with Crippen LogP contribution in [0.1, 0.15) is 29.1 Å². The van der Waals surface area contributed by atoms with Gasteiger partial charge in [-0.2, -0.15) is 0 Å². The molecule has 0 spiro atoms. The molecule has 2 rings (SSSR count). The molecule has 1 aromatic carbocycles. The predicted molar refractivity (Wildman–Crippen MR) is 78.0 cm³/mol. The highest BCUT2D eigenvalue weighted by Crippen LogP contribution is 2.31. The maximum Gasteiger partial charge on any atom is 0.275 e. The van der Waals surface area contributed by atoms with Gasteiger partial charge in [-0.25, -0.2) is 5.84 Å². The maximum atomic E-state index is 11.8. The molecule has 4 nitrogen and oxygen atoms in total. The average molecular weight is 278 g/mol. The van der Waals surface area contributed by atoms with E-state index in [-0.39, 0.29) is 5.91 Å². The predicted octanol–water partition coefficient (Wildman–Crippen LogP) is 2.68. The number of thiophene rings is 1. The summed E-state index contributed by atoms with van der Waals surface area (Å²) in [5.41, 5.74) is 3.12. The molecule has 0 saturated heterocycles. The Kier molecular flexibility index (Phi) is 4.52. The van der Waals surface area contributed by atoms with Crippen LogP contribution in [0.25, 0.3) is 10.1 Å². The van der Waals surface area contributed by atoms with Gasteiger partial charge in [0.2, 0.25) is 0 Å². The van der Waals surface area contributed by atoms with Crippen molar-refractivity contribution in [3.63, 3.8) is 0 Å². The molecule has 2 aromatic rings. The SMILES string of the molecule is CC(C)COCc1c(C(=O)NN)sc2ccccc12. The van der Waals surface area contributed by atoms with E-state index in [4.69, 9.17) is 10.6 Å². The Balaban J connectivity index is 2.34. The van der Waals surface area contributed by atoms with Crippen molar-refractivity contribution in [3.8, 4) is 0 Å². The molecule has 0 aliphatic heterocycles. The monoisotopic (exact) mass is 278 g/mol. The molecular weight excluding hydrogens is 260 g/mol. The number of nitrogen functional groups attached to an aromatic ring is 1. The minimum absolute atomic E-state index is 0.260. The zero-order valence-corrected chi connectivity index (χ0v) is 11.9. The average Bonchev–Trinajstić information content (AvgIpc) is 2.77. The minimum Gasteiger partial charge on any atom is -0.376 e. The third-order valence-corrected chi connectivity index (χ3v) is 3.95. The molecule has 5 heteroatoms. The Morgan fingerprint density at radius 3 is 2.84 bits per heavy atom. The minimum atomic E-state index is -0.260. The molecule has 1 aromatic heterocycles. The number of hydrogen-bond acceptors (Lipinski definition) is 4. The van der Waals surface area contributed by atoms with Gasteiger partial charge in [0.25, 0.3) is 5.91 Å². The van der Waals surface area contributed by atoms with Crippen molar-refractivity contribution >= 4 is 27.3 Å². The lowest BCUT2D eigenvalue weighted by atomic mass is 10.1. The fourth-order valence-electron chi connectivity index (χ4n) is 1.89. The summed E-state index contributed by atoms with van der Waals surface area (Å²) in [6.07, 6.45) is 0. The highest BCUT2D eigenvalue weighted by molar-refractivity contribution is 7.21. The highest BCUT2D eigenvalue weighted by Gasteiger charge is 2.17. The van der Waals surface area contributed by atoms with Crippen LogP contribution in [0.5, 0.6) is 0 Å². The molecule has 0 radical (unpaired) electrons. The number of ether oxygens (including phenoxy) is 1. The van der Waals surface area contributed by atoms with Crippen LogP contribution in [0.3, 0.4) is 0 Å². The van der Waals surface area contributed by atoms with E-state index >= 15 is 0 Å². The quantitative estimate of drug-likeness (QED) is 0.502. The Labute approximate surface area is 116 Å². The summed E-state index contributed by atoms with van der Waals surface area (Å²) in [4.78, 5) is 12.5. The van der Waals surface area contributed by atoms with E-state index in [1.54, 1.807) is 0 Å². The van der Waals surface area contributed by atoms with Crippen LogP contribution in [-0.4, -0.2) is 12.5 Å². The first kappa shape index (κ1) is 14.0. The number of carbonyl (C=O) groups is 1. The van der Waals surface area contributed by atoms with Gasteiger partial charge in [0.15, 0.2) is 0 Å². The van der Waals surface area contributed by atoms with Gasteiger partial charge < -0.3 is 4.74 Å². The van der Waals surface area contributed by atoms with Crippen LogP contribution >= 0.6 is 11.3 Å². The lowest BCUT2D eigenvalue weighted by Gasteiger charge is -2.08. The number of fused-ring (bicyclic) bond motifs is 1. The molecule has 1 amide bonds. The van der Waals surface area contributed by atoms with Crippen molar-refractivity contribution in [1.82, 2.24) is 5.43 Å².